The fourth-order valence-electron chi connectivity index (χ4n) is 5.78. The standard InChI is InChI=1S/C34H41N7O7/c1-21(2)30-32(44)35-16-24-18-40(33(45)23-15-36-41(17-23)26-12-8-9-13-27(26)47-4)19-28(48-24)31(43)37-25(14-22-10-6-5-7-11-22)34(46)39(3)20-29(42)38-30/h5-13,15,17,21,24-25,28,30H,14,16,18-20H2,1-4H3,(H,35,44)(H,37,43)(H,38,42)/t24-,25+,28+,30-/m0/s1. The van der Waals surface area contributed by atoms with E-state index in [0.717, 1.165) is 5.56 Å². The molecule has 3 aromatic rings. The highest BCUT2D eigenvalue weighted by Gasteiger charge is 2.38. The van der Waals surface area contributed by atoms with Crippen LogP contribution in [-0.4, -0.2) is 114 Å². The Morgan fingerprint density at radius 1 is 1.00 bits per heavy atom. The number of methoxy groups -OCH3 is 1. The predicted octanol–water partition coefficient (Wildman–Crippen LogP) is 0.547. The van der Waals surface area contributed by atoms with Crippen LogP contribution in [0.5, 0.6) is 5.75 Å². The molecule has 2 aliphatic heterocycles. The molecule has 0 radical (unpaired) electrons. The molecule has 254 valence electrons. The highest BCUT2D eigenvalue weighted by molar-refractivity contribution is 5.96. The minimum atomic E-state index is -1.16. The number of carbonyl (C=O) groups excluding carboxylic acids is 5. The van der Waals surface area contributed by atoms with E-state index in [2.05, 4.69) is 21.0 Å². The molecule has 14 nitrogen and oxygen atoms in total. The zero-order valence-corrected chi connectivity index (χ0v) is 27.4. The van der Waals surface area contributed by atoms with Gasteiger partial charge < -0.3 is 35.2 Å². The maximum atomic E-state index is 13.9. The van der Waals surface area contributed by atoms with Gasteiger partial charge in [0.2, 0.25) is 17.7 Å². The number of likely N-dealkylation sites (N-methyl/N-ethyl adjacent to an activating group) is 1. The quantitative estimate of drug-likeness (QED) is 0.345. The number of morpholine rings is 1. The summed E-state index contributed by atoms with van der Waals surface area (Å²) in [6.07, 6.45) is 1.25. The minimum Gasteiger partial charge on any atom is -0.494 e. The maximum Gasteiger partial charge on any atom is 0.257 e. The van der Waals surface area contributed by atoms with Crippen LogP contribution in [-0.2, 0) is 30.3 Å². The SMILES string of the molecule is COc1ccccc1-n1cc(C(=O)N2C[C@@H]3CNC(=O)[C@H](C(C)C)NC(=O)CN(C)C(=O)[C@@H](Cc4ccccc4)NC(=O)[C@@H](C2)O3)cn1. The van der Waals surface area contributed by atoms with Crippen molar-refractivity contribution < 1.29 is 33.4 Å². The third-order valence-corrected chi connectivity index (χ3v) is 8.33. The van der Waals surface area contributed by atoms with Gasteiger partial charge in [0.15, 0.2) is 6.10 Å². The Labute approximate surface area is 278 Å². The van der Waals surface area contributed by atoms with E-state index in [-0.39, 0.29) is 44.1 Å². The molecule has 2 fully saturated rings. The molecular weight excluding hydrogens is 618 g/mol. The van der Waals surface area contributed by atoms with Crippen molar-refractivity contribution >= 4 is 29.5 Å². The summed E-state index contributed by atoms with van der Waals surface area (Å²) in [5.74, 6) is -2.14. The molecule has 4 atom stereocenters. The maximum absolute atomic E-state index is 13.9. The third-order valence-electron chi connectivity index (χ3n) is 8.33. The first-order valence-corrected chi connectivity index (χ1v) is 15.8. The Hall–Kier alpha value is -5.24. The van der Waals surface area contributed by atoms with Gasteiger partial charge in [-0.25, -0.2) is 4.68 Å². The van der Waals surface area contributed by atoms with E-state index in [9.17, 15) is 24.0 Å². The first kappa shape index (κ1) is 34.1. The number of hydrogen-bond acceptors (Lipinski definition) is 8. The van der Waals surface area contributed by atoms with Crippen LogP contribution < -0.4 is 20.7 Å². The molecule has 2 saturated heterocycles. The van der Waals surface area contributed by atoms with Gasteiger partial charge in [0.25, 0.3) is 11.8 Å². The average Bonchev–Trinajstić information content (AvgIpc) is 3.58. The Morgan fingerprint density at radius 3 is 2.46 bits per heavy atom. The van der Waals surface area contributed by atoms with Crippen molar-refractivity contribution in [2.45, 2.75) is 44.6 Å². The van der Waals surface area contributed by atoms with Crippen molar-refractivity contribution in [3.8, 4) is 11.4 Å². The Morgan fingerprint density at radius 2 is 1.73 bits per heavy atom. The molecule has 3 N–H and O–H groups in total. The van der Waals surface area contributed by atoms with Gasteiger partial charge in [0.05, 0.1) is 38.1 Å². The molecule has 5 rings (SSSR count). The van der Waals surface area contributed by atoms with Crippen LogP contribution in [0.15, 0.2) is 67.0 Å². The highest BCUT2D eigenvalue weighted by Crippen LogP contribution is 2.23. The lowest BCUT2D eigenvalue weighted by Crippen LogP contribution is -2.59. The molecule has 5 amide bonds. The summed E-state index contributed by atoms with van der Waals surface area (Å²) < 4.78 is 13.1. The molecule has 3 heterocycles. The van der Waals surface area contributed by atoms with Gasteiger partial charge in [-0.1, -0.05) is 56.3 Å². The number of nitrogens with one attached hydrogen (secondary N) is 3. The molecule has 0 aliphatic carbocycles. The molecule has 1 aromatic heterocycles. The summed E-state index contributed by atoms with van der Waals surface area (Å²) in [5.41, 5.74) is 1.71. The lowest BCUT2D eigenvalue weighted by atomic mass is 10.0. The van der Waals surface area contributed by atoms with Gasteiger partial charge in [-0.3, -0.25) is 24.0 Å². The number of aromatic nitrogens is 2. The summed E-state index contributed by atoms with van der Waals surface area (Å²) in [6.45, 7) is 3.21. The monoisotopic (exact) mass is 659 g/mol. The van der Waals surface area contributed by atoms with Gasteiger partial charge in [-0.05, 0) is 23.6 Å². The fourth-order valence-corrected chi connectivity index (χ4v) is 5.78. The Kier molecular flexibility index (Phi) is 10.7. The lowest BCUT2D eigenvalue weighted by Gasteiger charge is -2.38. The number of benzene rings is 2. The number of hydrogen-bond donors (Lipinski definition) is 3. The van der Waals surface area contributed by atoms with Gasteiger partial charge in [-0.15, -0.1) is 0 Å². The van der Waals surface area contributed by atoms with Crippen LogP contribution in [0.2, 0.25) is 0 Å². The van der Waals surface area contributed by atoms with E-state index in [1.54, 1.807) is 33.2 Å². The van der Waals surface area contributed by atoms with E-state index in [4.69, 9.17) is 9.47 Å². The van der Waals surface area contributed by atoms with Crippen molar-refractivity contribution in [3.05, 3.63) is 78.1 Å². The number of para-hydroxylation sites is 2. The van der Waals surface area contributed by atoms with Crippen molar-refractivity contribution in [1.29, 1.82) is 0 Å². The second-order valence-electron chi connectivity index (χ2n) is 12.3. The molecular formula is C34H41N7O7. The van der Waals surface area contributed by atoms with Gasteiger partial charge in [-0.2, -0.15) is 5.10 Å². The lowest BCUT2D eigenvalue weighted by molar-refractivity contribution is -0.148. The van der Waals surface area contributed by atoms with Crippen molar-refractivity contribution in [2.24, 2.45) is 5.92 Å². The summed E-state index contributed by atoms with van der Waals surface area (Å²) in [4.78, 5) is 70.3. The largest absolute Gasteiger partial charge is 0.494 e. The van der Waals surface area contributed by atoms with E-state index < -0.39 is 53.8 Å². The Bertz CT molecular complexity index is 1640. The number of nitrogens with zero attached hydrogens (tertiary/aromatic N) is 4. The van der Waals surface area contributed by atoms with Gasteiger partial charge in [0, 0.05) is 32.8 Å². The van der Waals surface area contributed by atoms with E-state index >= 15 is 0 Å². The van der Waals surface area contributed by atoms with Crippen LogP contribution in [0.25, 0.3) is 5.69 Å². The van der Waals surface area contributed by atoms with Crippen LogP contribution in [0, 0.1) is 5.92 Å². The molecule has 48 heavy (non-hydrogen) atoms. The molecule has 0 spiro atoms. The highest BCUT2D eigenvalue weighted by atomic mass is 16.5. The average molecular weight is 660 g/mol. The van der Waals surface area contributed by atoms with E-state index in [1.807, 2.05) is 48.5 Å². The number of amides is 5. The molecule has 0 unspecified atom stereocenters. The van der Waals surface area contributed by atoms with E-state index in [1.165, 1.54) is 27.7 Å². The number of fused-ring (bicyclic) bond motifs is 2. The summed E-state index contributed by atoms with van der Waals surface area (Å²) in [7, 11) is 3.01. The third kappa shape index (κ3) is 8.00. The molecule has 14 heteroatoms. The smallest absolute Gasteiger partial charge is 0.257 e. The normalized spacial score (nSPS) is 22.7. The topological polar surface area (TPSA) is 164 Å². The van der Waals surface area contributed by atoms with Crippen LogP contribution in [0.4, 0.5) is 0 Å². The molecule has 0 saturated carbocycles. The molecule has 2 aromatic carbocycles. The molecule has 2 bridgehead atoms. The van der Waals surface area contributed by atoms with Crippen LogP contribution in [0.1, 0.15) is 29.8 Å². The Balaban J connectivity index is 1.44. The van der Waals surface area contributed by atoms with E-state index in [0.29, 0.717) is 11.4 Å². The van der Waals surface area contributed by atoms with Gasteiger partial charge >= 0.3 is 0 Å². The van der Waals surface area contributed by atoms with Crippen molar-refractivity contribution in [2.75, 3.05) is 40.3 Å². The molecule has 2 aliphatic rings. The number of rotatable bonds is 6. The van der Waals surface area contributed by atoms with Crippen molar-refractivity contribution in [3.63, 3.8) is 0 Å². The zero-order valence-electron chi connectivity index (χ0n) is 27.4. The van der Waals surface area contributed by atoms with Gasteiger partial charge in [0.1, 0.15) is 23.5 Å². The number of ether oxygens (including phenoxy) is 2. The second-order valence-corrected chi connectivity index (χ2v) is 12.3. The summed E-state index contributed by atoms with van der Waals surface area (Å²) >= 11 is 0. The van der Waals surface area contributed by atoms with Crippen LogP contribution >= 0.6 is 0 Å². The fraction of sp³-hybridized carbons (Fsp3) is 0.412. The van der Waals surface area contributed by atoms with Crippen LogP contribution in [0.3, 0.4) is 0 Å². The first-order valence-electron chi connectivity index (χ1n) is 15.8. The second kappa shape index (κ2) is 15.1. The predicted molar refractivity (Wildman–Crippen MR) is 174 cm³/mol. The number of carbonyl (C=O) groups is 5. The summed E-state index contributed by atoms with van der Waals surface area (Å²) in [6, 6.07) is 14.5. The first-order chi connectivity index (χ1) is 23.0. The zero-order chi connectivity index (χ0) is 34.4. The minimum absolute atomic E-state index is 0.0295. The van der Waals surface area contributed by atoms with Crippen molar-refractivity contribution in [1.82, 2.24) is 35.5 Å². The summed E-state index contributed by atoms with van der Waals surface area (Å²) in [5, 5.41) is 12.7.